The van der Waals surface area contributed by atoms with Gasteiger partial charge in [-0.2, -0.15) is 0 Å². The van der Waals surface area contributed by atoms with Crippen LogP contribution in [0.4, 0.5) is 11.4 Å². The molecule has 0 saturated heterocycles. The third-order valence-electron chi connectivity index (χ3n) is 6.57. The van der Waals surface area contributed by atoms with Crippen LogP contribution in [-0.2, 0) is 6.42 Å². The Balaban J connectivity index is 1.36. The molecule has 1 aliphatic rings. The standard InChI is InChI=1S/C32H25N/c1-2-9-23(10-3-1)30-15-6-7-16-32(30)33-28-13-8-12-26(21-28)27-20-19-25-18-17-24-11-4-5-14-29(24)31(25)22-27/h1-18,21-22,33H,19-20H2. The maximum Gasteiger partial charge on any atom is 0.0463 e. The van der Waals surface area contributed by atoms with Crippen molar-refractivity contribution in [2.75, 3.05) is 5.32 Å². The van der Waals surface area contributed by atoms with Gasteiger partial charge in [0.05, 0.1) is 0 Å². The lowest BCUT2D eigenvalue weighted by atomic mass is 9.86. The Morgan fingerprint density at radius 1 is 0.576 bits per heavy atom. The minimum Gasteiger partial charge on any atom is -0.355 e. The number of hydrogen-bond donors (Lipinski definition) is 1. The number of fused-ring (bicyclic) bond motifs is 3. The number of aryl methyl sites for hydroxylation is 1. The van der Waals surface area contributed by atoms with E-state index in [0.29, 0.717) is 0 Å². The van der Waals surface area contributed by atoms with Crippen molar-refractivity contribution in [1.29, 1.82) is 0 Å². The van der Waals surface area contributed by atoms with Crippen molar-refractivity contribution >= 4 is 33.8 Å². The Bertz CT molecular complexity index is 1480. The summed E-state index contributed by atoms with van der Waals surface area (Å²) in [4.78, 5) is 0. The summed E-state index contributed by atoms with van der Waals surface area (Å²) in [7, 11) is 0. The second kappa shape index (κ2) is 8.44. The summed E-state index contributed by atoms with van der Waals surface area (Å²) in [6.07, 6.45) is 4.55. The molecular weight excluding hydrogens is 398 g/mol. The second-order valence-electron chi connectivity index (χ2n) is 8.65. The molecule has 1 heteroatoms. The molecule has 0 amide bonds. The minimum absolute atomic E-state index is 1.06. The molecule has 1 N–H and O–H groups in total. The highest BCUT2D eigenvalue weighted by molar-refractivity contribution is 5.98. The van der Waals surface area contributed by atoms with Gasteiger partial charge in [0.15, 0.2) is 0 Å². The Labute approximate surface area is 195 Å². The van der Waals surface area contributed by atoms with Crippen molar-refractivity contribution in [3.8, 4) is 11.1 Å². The van der Waals surface area contributed by atoms with Crippen molar-refractivity contribution in [1.82, 2.24) is 0 Å². The Kier molecular flexibility index (Phi) is 5.01. The van der Waals surface area contributed by atoms with Crippen molar-refractivity contribution in [2.24, 2.45) is 0 Å². The van der Waals surface area contributed by atoms with Crippen LogP contribution in [0.3, 0.4) is 0 Å². The fourth-order valence-electron chi connectivity index (χ4n) is 4.89. The van der Waals surface area contributed by atoms with Gasteiger partial charge in [-0.3, -0.25) is 0 Å². The zero-order valence-electron chi connectivity index (χ0n) is 18.5. The van der Waals surface area contributed by atoms with Crippen molar-refractivity contribution in [3.05, 3.63) is 132 Å². The van der Waals surface area contributed by atoms with Gasteiger partial charge in [0.1, 0.15) is 0 Å². The molecule has 1 nitrogen and oxygen atoms in total. The van der Waals surface area contributed by atoms with Gasteiger partial charge in [-0.25, -0.2) is 0 Å². The number of hydrogen-bond acceptors (Lipinski definition) is 1. The molecule has 0 unspecified atom stereocenters. The van der Waals surface area contributed by atoms with Crippen molar-refractivity contribution < 1.29 is 0 Å². The first-order chi connectivity index (χ1) is 16.3. The van der Waals surface area contributed by atoms with Crippen LogP contribution in [0.15, 0.2) is 115 Å². The van der Waals surface area contributed by atoms with Crippen LogP contribution in [-0.4, -0.2) is 0 Å². The van der Waals surface area contributed by atoms with Crippen LogP contribution in [0.25, 0.3) is 33.5 Å². The van der Waals surface area contributed by atoms with E-state index >= 15 is 0 Å². The minimum atomic E-state index is 1.06. The Morgan fingerprint density at radius 2 is 1.36 bits per heavy atom. The Morgan fingerprint density at radius 3 is 2.30 bits per heavy atom. The molecule has 0 radical (unpaired) electrons. The second-order valence-corrected chi connectivity index (χ2v) is 8.65. The smallest absolute Gasteiger partial charge is 0.0463 e. The third kappa shape index (κ3) is 3.83. The fraction of sp³-hybridized carbons (Fsp3) is 0.0625. The van der Waals surface area contributed by atoms with Gasteiger partial charge in [-0.1, -0.05) is 103 Å². The maximum absolute atomic E-state index is 3.67. The molecule has 33 heavy (non-hydrogen) atoms. The van der Waals surface area contributed by atoms with Gasteiger partial charge < -0.3 is 5.32 Å². The molecule has 0 bridgehead atoms. The lowest BCUT2D eigenvalue weighted by Gasteiger charge is -2.19. The molecule has 6 rings (SSSR count). The van der Waals surface area contributed by atoms with Gasteiger partial charge >= 0.3 is 0 Å². The first-order valence-electron chi connectivity index (χ1n) is 11.6. The molecule has 0 fully saturated rings. The SMILES string of the molecule is C1=C(c2cccc(Nc3ccccc3-c3ccccc3)c2)CCc2ccc3ccccc3c21. The average Bonchev–Trinajstić information content (AvgIpc) is 2.89. The fourth-order valence-corrected chi connectivity index (χ4v) is 4.89. The van der Waals surface area contributed by atoms with E-state index in [-0.39, 0.29) is 0 Å². The van der Waals surface area contributed by atoms with E-state index in [1.807, 2.05) is 0 Å². The molecule has 0 spiro atoms. The van der Waals surface area contributed by atoms with Gasteiger partial charge in [0, 0.05) is 16.9 Å². The zero-order chi connectivity index (χ0) is 22.0. The van der Waals surface area contributed by atoms with Crippen molar-refractivity contribution in [2.45, 2.75) is 12.8 Å². The van der Waals surface area contributed by atoms with Gasteiger partial charge in [0.2, 0.25) is 0 Å². The van der Waals surface area contributed by atoms with E-state index in [1.165, 1.54) is 44.2 Å². The number of para-hydroxylation sites is 1. The van der Waals surface area contributed by atoms with E-state index in [2.05, 4.69) is 127 Å². The summed E-state index contributed by atoms with van der Waals surface area (Å²) in [5.74, 6) is 0. The number of allylic oxidation sites excluding steroid dienone is 1. The number of benzene rings is 5. The number of nitrogens with one attached hydrogen (secondary N) is 1. The molecule has 0 atom stereocenters. The third-order valence-corrected chi connectivity index (χ3v) is 6.57. The molecule has 5 aromatic carbocycles. The largest absolute Gasteiger partial charge is 0.355 e. The predicted octanol–water partition coefficient (Wildman–Crippen LogP) is 8.74. The van der Waals surface area contributed by atoms with E-state index in [9.17, 15) is 0 Å². The maximum atomic E-state index is 3.67. The van der Waals surface area contributed by atoms with Crippen LogP contribution in [0.2, 0.25) is 0 Å². The van der Waals surface area contributed by atoms with Gasteiger partial charge in [-0.15, -0.1) is 0 Å². The molecule has 0 saturated carbocycles. The highest BCUT2D eigenvalue weighted by Crippen LogP contribution is 2.36. The normalized spacial score (nSPS) is 12.8. The summed E-state index contributed by atoms with van der Waals surface area (Å²) < 4.78 is 0. The summed E-state index contributed by atoms with van der Waals surface area (Å²) in [5, 5.41) is 6.32. The van der Waals surface area contributed by atoms with Crippen LogP contribution < -0.4 is 5.32 Å². The lowest BCUT2D eigenvalue weighted by molar-refractivity contribution is 1.01. The van der Waals surface area contributed by atoms with Crippen LogP contribution >= 0.6 is 0 Å². The molecular formula is C32H25N. The topological polar surface area (TPSA) is 12.0 Å². The summed E-state index contributed by atoms with van der Waals surface area (Å²) in [6.45, 7) is 0. The van der Waals surface area contributed by atoms with Crippen LogP contribution in [0.5, 0.6) is 0 Å². The van der Waals surface area contributed by atoms with E-state index < -0.39 is 0 Å². The average molecular weight is 424 g/mol. The van der Waals surface area contributed by atoms with Gasteiger partial charge in [0.25, 0.3) is 0 Å². The van der Waals surface area contributed by atoms with Crippen molar-refractivity contribution in [3.63, 3.8) is 0 Å². The Hall–Kier alpha value is -4.10. The van der Waals surface area contributed by atoms with Crippen LogP contribution in [0, 0.1) is 0 Å². The van der Waals surface area contributed by atoms with E-state index in [4.69, 9.17) is 0 Å². The number of rotatable bonds is 4. The molecule has 0 aromatic heterocycles. The quantitative estimate of drug-likeness (QED) is 0.305. The van der Waals surface area contributed by atoms with Gasteiger partial charge in [-0.05, 0) is 69.6 Å². The first kappa shape index (κ1) is 19.6. The predicted molar refractivity (Wildman–Crippen MR) is 142 cm³/mol. The molecule has 0 aliphatic heterocycles. The summed E-state index contributed by atoms with van der Waals surface area (Å²) >= 11 is 0. The molecule has 1 aliphatic carbocycles. The number of anilines is 2. The van der Waals surface area contributed by atoms with E-state index in [1.54, 1.807) is 0 Å². The molecule has 5 aromatic rings. The summed E-state index contributed by atoms with van der Waals surface area (Å²) in [6, 6.07) is 41.1. The van der Waals surface area contributed by atoms with E-state index in [0.717, 1.165) is 24.2 Å². The van der Waals surface area contributed by atoms with Crippen LogP contribution in [0.1, 0.15) is 23.1 Å². The summed E-state index contributed by atoms with van der Waals surface area (Å²) in [5.41, 5.74) is 10.2. The monoisotopic (exact) mass is 423 g/mol. The first-order valence-corrected chi connectivity index (χ1v) is 11.6. The molecule has 158 valence electrons. The zero-order valence-corrected chi connectivity index (χ0v) is 18.5. The highest BCUT2D eigenvalue weighted by atomic mass is 14.9. The lowest BCUT2D eigenvalue weighted by Crippen LogP contribution is -2.00. The highest BCUT2D eigenvalue weighted by Gasteiger charge is 2.15. The molecule has 0 heterocycles.